The normalized spacial score (nSPS) is 16.0. The maximum atomic E-state index is 12.6. The molecule has 3 heterocycles. The quantitative estimate of drug-likeness (QED) is 0.540. The van der Waals surface area contributed by atoms with Gasteiger partial charge in [-0.05, 0) is 48.6 Å². The Morgan fingerprint density at radius 2 is 1.81 bits per heavy atom. The first kappa shape index (κ1) is 20.5. The maximum Gasteiger partial charge on any atom is 0.337 e. The molecule has 0 saturated heterocycles. The molecular formula is C26H26N2O4. The van der Waals surface area contributed by atoms with Crippen molar-refractivity contribution in [1.82, 2.24) is 9.55 Å². The van der Waals surface area contributed by atoms with Gasteiger partial charge in [0.25, 0.3) is 0 Å². The van der Waals surface area contributed by atoms with E-state index >= 15 is 0 Å². The molecule has 1 aliphatic carbocycles. The first-order chi connectivity index (χ1) is 15.6. The molecule has 0 spiro atoms. The van der Waals surface area contributed by atoms with Gasteiger partial charge in [-0.15, -0.1) is 0 Å². The number of hydrogen-bond donors (Lipinski definition) is 0. The molecule has 6 heteroatoms. The van der Waals surface area contributed by atoms with Crippen LogP contribution in [0.3, 0.4) is 0 Å². The van der Waals surface area contributed by atoms with Crippen molar-refractivity contribution in [2.45, 2.75) is 44.6 Å². The van der Waals surface area contributed by atoms with Crippen molar-refractivity contribution in [2.75, 3.05) is 14.2 Å². The number of hydrogen-bond acceptors (Lipinski definition) is 5. The number of ether oxygens (including phenoxy) is 2. The Hall–Kier alpha value is -3.41. The van der Waals surface area contributed by atoms with Crippen LogP contribution in [-0.2, 0) is 20.8 Å². The lowest BCUT2D eigenvalue weighted by atomic mass is 9.82. The predicted molar refractivity (Wildman–Crippen MR) is 122 cm³/mol. The lowest BCUT2D eigenvalue weighted by molar-refractivity contribution is -0.136. The standard InChI is InChI=1S/C26H26N2O4/c1-31-25(29)18-10-11-20-21(14-18)28-15-19(26(30)32-2)13-17-9-6-12-27-23(17)24(28)22(20)16-7-4-3-5-8-16/h6,9-14,16H,3-5,7-8,15H2,1-2H3. The van der Waals surface area contributed by atoms with Gasteiger partial charge in [-0.3, -0.25) is 4.98 Å². The van der Waals surface area contributed by atoms with Gasteiger partial charge in [0.2, 0.25) is 0 Å². The second-order valence-corrected chi connectivity index (χ2v) is 8.51. The summed E-state index contributed by atoms with van der Waals surface area (Å²) in [5.74, 6) is -0.323. The summed E-state index contributed by atoms with van der Waals surface area (Å²) in [5, 5.41) is 1.11. The summed E-state index contributed by atoms with van der Waals surface area (Å²) in [5.41, 5.74) is 6.04. The number of carbonyl (C=O) groups excluding carboxylic acids is 2. The van der Waals surface area contributed by atoms with Crippen LogP contribution in [0.5, 0.6) is 0 Å². The minimum Gasteiger partial charge on any atom is -0.466 e. The van der Waals surface area contributed by atoms with Gasteiger partial charge in [0.15, 0.2) is 0 Å². The first-order valence-corrected chi connectivity index (χ1v) is 11.1. The highest BCUT2D eigenvalue weighted by Gasteiger charge is 2.31. The van der Waals surface area contributed by atoms with E-state index in [2.05, 4.69) is 4.57 Å². The van der Waals surface area contributed by atoms with E-state index in [0.29, 0.717) is 23.6 Å². The van der Waals surface area contributed by atoms with Gasteiger partial charge in [-0.1, -0.05) is 31.4 Å². The zero-order valence-corrected chi connectivity index (χ0v) is 18.4. The van der Waals surface area contributed by atoms with E-state index in [4.69, 9.17) is 14.5 Å². The molecular weight excluding hydrogens is 404 g/mol. The molecule has 164 valence electrons. The van der Waals surface area contributed by atoms with E-state index in [1.54, 1.807) is 6.20 Å². The number of benzene rings is 1. The van der Waals surface area contributed by atoms with E-state index in [1.807, 2.05) is 36.4 Å². The highest BCUT2D eigenvalue weighted by Crippen LogP contribution is 2.45. The van der Waals surface area contributed by atoms with Gasteiger partial charge in [0, 0.05) is 17.1 Å². The number of nitrogens with zero attached hydrogens (tertiary/aromatic N) is 2. The Morgan fingerprint density at radius 3 is 2.56 bits per heavy atom. The molecule has 1 aromatic carbocycles. The number of esters is 2. The van der Waals surface area contributed by atoms with Gasteiger partial charge in [-0.25, -0.2) is 9.59 Å². The van der Waals surface area contributed by atoms with Crippen molar-refractivity contribution in [3.05, 3.63) is 58.8 Å². The Morgan fingerprint density at radius 1 is 1.03 bits per heavy atom. The summed E-state index contributed by atoms with van der Waals surface area (Å²) in [6.45, 7) is 0.353. The van der Waals surface area contributed by atoms with Gasteiger partial charge >= 0.3 is 11.9 Å². The van der Waals surface area contributed by atoms with Crippen molar-refractivity contribution >= 4 is 28.9 Å². The zero-order chi connectivity index (χ0) is 22.2. The Bertz CT molecular complexity index is 1250. The first-order valence-electron chi connectivity index (χ1n) is 11.1. The number of pyridine rings is 1. The fourth-order valence-corrected chi connectivity index (χ4v) is 5.24. The molecule has 0 bridgehead atoms. The summed E-state index contributed by atoms with van der Waals surface area (Å²) in [6.07, 6.45) is 9.61. The highest BCUT2D eigenvalue weighted by molar-refractivity contribution is 6.01. The molecule has 0 radical (unpaired) electrons. The van der Waals surface area contributed by atoms with E-state index in [0.717, 1.165) is 40.7 Å². The van der Waals surface area contributed by atoms with Crippen LogP contribution in [0.1, 0.15) is 59.5 Å². The number of aromatic nitrogens is 2. The average Bonchev–Trinajstić information content (AvgIpc) is 3.05. The molecule has 1 aliphatic heterocycles. The van der Waals surface area contributed by atoms with Crippen molar-refractivity contribution in [1.29, 1.82) is 0 Å². The Labute approximate surface area is 186 Å². The lowest BCUT2D eigenvalue weighted by Crippen LogP contribution is -2.12. The third kappa shape index (κ3) is 3.30. The van der Waals surface area contributed by atoms with Crippen molar-refractivity contribution in [2.24, 2.45) is 0 Å². The van der Waals surface area contributed by atoms with E-state index < -0.39 is 0 Å². The Kier molecular flexibility index (Phi) is 5.29. The molecule has 1 fully saturated rings. The largest absolute Gasteiger partial charge is 0.466 e. The SMILES string of the molecule is COC(=O)C1=Cc2cccnc2-c2c(C3CCCCC3)c3ccc(C(=O)OC)cc3n2C1. The fraction of sp³-hybridized carbons (Fsp3) is 0.346. The van der Waals surface area contributed by atoms with Gasteiger partial charge in [-0.2, -0.15) is 0 Å². The van der Waals surface area contributed by atoms with Gasteiger partial charge in [0.1, 0.15) is 0 Å². The summed E-state index contributed by atoms with van der Waals surface area (Å²) >= 11 is 0. The van der Waals surface area contributed by atoms with Crippen LogP contribution >= 0.6 is 0 Å². The average molecular weight is 431 g/mol. The molecule has 1 saturated carbocycles. The van der Waals surface area contributed by atoms with Crippen molar-refractivity contribution in [3.63, 3.8) is 0 Å². The second-order valence-electron chi connectivity index (χ2n) is 8.51. The predicted octanol–water partition coefficient (Wildman–Crippen LogP) is 5.11. The van der Waals surface area contributed by atoms with Crippen LogP contribution in [0.25, 0.3) is 28.4 Å². The molecule has 0 unspecified atom stereocenters. The minimum absolute atomic E-state index is 0.353. The summed E-state index contributed by atoms with van der Waals surface area (Å²) in [7, 11) is 2.78. The van der Waals surface area contributed by atoms with E-state index in [-0.39, 0.29) is 11.9 Å². The smallest absolute Gasteiger partial charge is 0.337 e. The maximum absolute atomic E-state index is 12.6. The second kappa shape index (κ2) is 8.26. The molecule has 3 aromatic rings. The third-order valence-corrected chi connectivity index (χ3v) is 6.71. The minimum atomic E-state index is -0.377. The van der Waals surface area contributed by atoms with E-state index in [9.17, 15) is 9.59 Å². The summed E-state index contributed by atoms with van der Waals surface area (Å²) in [6, 6.07) is 9.61. The molecule has 6 nitrogen and oxygen atoms in total. The Balaban J connectivity index is 1.84. The molecule has 0 atom stereocenters. The molecule has 32 heavy (non-hydrogen) atoms. The molecule has 5 rings (SSSR count). The van der Waals surface area contributed by atoms with Gasteiger partial charge in [0.05, 0.1) is 48.8 Å². The topological polar surface area (TPSA) is 70.4 Å². The number of fused-ring (bicyclic) bond motifs is 5. The molecule has 0 N–H and O–H groups in total. The van der Waals surface area contributed by atoms with Crippen LogP contribution < -0.4 is 0 Å². The summed E-state index contributed by atoms with van der Waals surface area (Å²) in [4.78, 5) is 29.7. The van der Waals surface area contributed by atoms with Crippen LogP contribution in [0.2, 0.25) is 0 Å². The van der Waals surface area contributed by atoms with Crippen molar-refractivity contribution < 1.29 is 19.1 Å². The third-order valence-electron chi connectivity index (χ3n) is 6.71. The highest BCUT2D eigenvalue weighted by atomic mass is 16.5. The molecule has 2 aromatic heterocycles. The fourth-order valence-electron chi connectivity index (χ4n) is 5.24. The monoisotopic (exact) mass is 430 g/mol. The van der Waals surface area contributed by atoms with Crippen LogP contribution in [-0.4, -0.2) is 35.7 Å². The molecule has 0 amide bonds. The summed E-state index contributed by atoms with van der Waals surface area (Å²) < 4.78 is 12.2. The van der Waals surface area contributed by atoms with E-state index in [1.165, 1.54) is 39.0 Å². The number of rotatable bonds is 3. The number of carbonyl (C=O) groups is 2. The molecule has 2 aliphatic rings. The zero-order valence-electron chi connectivity index (χ0n) is 18.4. The van der Waals surface area contributed by atoms with Gasteiger partial charge < -0.3 is 14.0 Å². The van der Waals surface area contributed by atoms with Crippen LogP contribution in [0.4, 0.5) is 0 Å². The van der Waals surface area contributed by atoms with Crippen LogP contribution in [0.15, 0.2) is 42.1 Å². The van der Waals surface area contributed by atoms with Crippen molar-refractivity contribution in [3.8, 4) is 11.4 Å². The van der Waals surface area contributed by atoms with Crippen LogP contribution in [0, 0.1) is 0 Å². The number of methoxy groups -OCH3 is 2. The lowest BCUT2D eigenvalue weighted by Gasteiger charge is -2.23.